The number of unbranched alkanes of at least 4 members (excludes halogenated alkanes) is 1. The number of hydrogen-bond donors (Lipinski definition) is 2. The van der Waals surface area contributed by atoms with Gasteiger partial charge in [-0.2, -0.15) is 8.78 Å². The predicted octanol–water partition coefficient (Wildman–Crippen LogP) is 6.91. The number of fused-ring (bicyclic) bond motifs is 1. The number of aromatic nitrogens is 1. The lowest BCUT2D eigenvalue weighted by atomic mass is 10.0. The van der Waals surface area contributed by atoms with Crippen molar-refractivity contribution in [1.82, 2.24) is 20.1 Å². The Morgan fingerprint density at radius 3 is 2.28 bits per heavy atom. The van der Waals surface area contributed by atoms with Crippen LogP contribution in [0.2, 0.25) is 0 Å². The number of hydrogen-bond acceptors (Lipinski definition) is 9. The van der Waals surface area contributed by atoms with E-state index in [1.807, 2.05) is 36.4 Å². The lowest BCUT2D eigenvalue weighted by Gasteiger charge is -2.34. The first-order chi connectivity index (χ1) is 25.2. The number of ether oxygens (including phenoxy) is 3. The molecule has 13 nitrogen and oxygen atoms in total. The molecular weight excluding hydrogens is 694 g/mol. The van der Waals surface area contributed by atoms with Gasteiger partial charge in [-0.25, -0.2) is 9.78 Å². The van der Waals surface area contributed by atoms with E-state index >= 15 is 0 Å². The van der Waals surface area contributed by atoms with E-state index in [1.165, 1.54) is 18.2 Å². The molecule has 15 heteroatoms. The molecule has 53 heavy (non-hydrogen) atoms. The Morgan fingerprint density at radius 2 is 1.60 bits per heavy atom. The van der Waals surface area contributed by atoms with Gasteiger partial charge in [0.1, 0.15) is 5.60 Å². The molecule has 0 bridgehead atoms. The molecule has 1 aliphatic rings. The van der Waals surface area contributed by atoms with Crippen LogP contribution in [0.3, 0.4) is 0 Å². The maximum Gasteiger partial charge on any atom is 0.408 e. The van der Waals surface area contributed by atoms with Crippen LogP contribution >= 0.6 is 0 Å². The molecule has 3 aromatic carbocycles. The molecule has 0 spiro atoms. The third-order valence-corrected chi connectivity index (χ3v) is 8.31. The van der Waals surface area contributed by atoms with Crippen molar-refractivity contribution in [3.8, 4) is 23.0 Å². The van der Waals surface area contributed by atoms with Gasteiger partial charge < -0.3 is 38.9 Å². The van der Waals surface area contributed by atoms with Crippen molar-refractivity contribution in [2.24, 2.45) is 0 Å². The Labute approximate surface area is 304 Å². The first-order valence-corrected chi connectivity index (χ1v) is 17.2. The predicted molar refractivity (Wildman–Crippen MR) is 189 cm³/mol. The molecule has 1 fully saturated rings. The van der Waals surface area contributed by atoms with Gasteiger partial charge >= 0.3 is 18.7 Å². The average Bonchev–Trinajstić information content (AvgIpc) is 3.56. The number of amides is 3. The van der Waals surface area contributed by atoms with Gasteiger partial charge in [-0.05, 0) is 75.6 Å². The number of aliphatic carboxylic acids is 1. The fourth-order valence-electron chi connectivity index (χ4n) is 5.80. The molecule has 1 atom stereocenters. The number of rotatable bonds is 13. The lowest BCUT2D eigenvalue weighted by Crippen LogP contribution is -2.51. The van der Waals surface area contributed by atoms with E-state index in [9.17, 15) is 28.0 Å². The summed E-state index contributed by atoms with van der Waals surface area (Å²) in [5, 5.41) is 13.3. The quantitative estimate of drug-likeness (QED) is 0.138. The van der Waals surface area contributed by atoms with Crippen LogP contribution in [0.1, 0.15) is 79.6 Å². The summed E-state index contributed by atoms with van der Waals surface area (Å²) >= 11 is 0. The number of carboxylic acids is 1. The van der Waals surface area contributed by atoms with Crippen LogP contribution in [-0.4, -0.2) is 88.8 Å². The van der Waals surface area contributed by atoms with Gasteiger partial charge in [0.05, 0.1) is 12.6 Å². The highest BCUT2D eigenvalue weighted by molar-refractivity contribution is 6.07. The highest BCUT2D eigenvalue weighted by Crippen LogP contribution is 2.36. The Hall–Kier alpha value is -5.73. The van der Waals surface area contributed by atoms with Crippen LogP contribution in [0.4, 0.5) is 13.6 Å². The number of carbonyl (C=O) groups excluding carboxylic acids is 3. The number of piperazine rings is 1. The second-order valence-corrected chi connectivity index (χ2v) is 13.5. The van der Waals surface area contributed by atoms with Gasteiger partial charge in [-0.15, -0.1) is 0 Å². The summed E-state index contributed by atoms with van der Waals surface area (Å²) in [7, 11) is 0. The minimum Gasteiger partial charge on any atom is -0.490 e. The molecular formula is C38H42F2N4O9. The molecule has 1 aromatic heterocycles. The van der Waals surface area contributed by atoms with E-state index in [4.69, 9.17) is 19.0 Å². The molecule has 3 amide bonds. The zero-order chi connectivity index (χ0) is 38.3. The molecule has 0 saturated carbocycles. The monoisotopic (exact) mass is 736 g/mol. The van der Waals surface area contributed by atoms with Gasteiger partial charge in [-0.3, -0.25) is 14.4 Å². The Bertz CT molecular complexity index is 1950. The number of alkyl halides is 2. The van der Waals surface area contributed by atoms with Crippen LogP contribution in [-0.2, 0) is 9.53 Å². The fraction of sp³-hybridized carbons (Fsp3) is 0.395. The summed E-state index contributed by atoms with van der Waals surface area (Å²) < 4.78 is 48.2. The van der Waals surface area contributed by atoms with Gasteiger partial charge in [-0.1, -0.05) is 36.4 Å². The molecule has 0 unspecified atom stereocenters. The number of alkyl carbamates (subject to hydrolysis) is 1. The SMILES string of the molecule is C[C@H](NC(=O)OC(C)(C)C)c1oc(-c2ccc(OC(F)F)c(OCCCCC(=O)O)c2)nc1C(=O)N1CCN(C(=O)c2cccc3ccccc23)CC1. The van der Waals surface area contributed by atoms with Crippen LogP contribution in [0, 0.1) is 0 Å². The summed E-state index contributed by atoms with van der Waals surface area (Å²) in [6, 6.07) is 16.3. The van der Waals surface area contributed by atoms with Crippen molar-refractivity contribution in [2.75, 3.05) is 32.8 Å². The summed E-state index contributed by atoms with van der Waals surface area (Å²) in [4.78, 5) is 59.0. The Kier molecular flexibility index (Phi) is 12.2. The standard InChI is InChI=1S/C38H42F2N4O9/c1-23(41-37(49)53-38(2,3)4)32-31(35(48)44-19-17-43(18-20-44)34(47)27-13-9-11-24-10-5-6-12-26(24)27)42-33(52-32)25-15-16-28(51-36(39)40)29(22-25)50-21-8-7-14-30(45)46/h5-6,9-13,15-16,22-23,36H,7-8,14,17-21H2,1-4H3,(H,41,49)(H,45,46)/t23-/m0/s1. The van der Waals surface area contributed by atoms with Gasteiger partial charge in [0.25, 0.3) is 11.8 Å². The molecule has 4 aromatic rings. The van der Waals surface area contributed by atoms with Crippen molar-refractivity contribution < 1.29 is 51.7 Å². The van der Waals surface area contributed by atoms with Crippen molar-refractivity contribution >= 4 is 34.6 Å². The molecule has 2 N–H and O–H groups in total. The molecule has 0 aliphatic carbocycles. The maximum atomic E-state index is 14.1. The summed E-state index contributed by atoms with van der Waals surface area (Å²) in [5.41, 5.74) is -0.0738. The number of carbonyl (C=O) groups is 4. The molecule has 0 radical (unpaired) electrons. The second kappa shape index (κ2) is 16.7. The first-order valence-electron chi connectivity index (χ1n) is 17.2. The van der Waals surface area contributed by atoms with E-state index in [0.717, 1.165) is 10.8 Å². The van der Waals surface area contributed by atoms with Crippen LogP contribution < -0.4 is 14.8 Å². The van der Waals surface area contributed by atoms with E-state index in [2.05, 4.69) is 15.0 Å². The number of nitrogens with one attached hydrogen (secondary N) is 1. The molecule has 5 rings (SSSR count). The lowest BCUT2D eigenvalue weighted by molar-refractivity contribution is -0.137. The third-order valence-electron chi connectivity index (χ3n) is 8.31. The topological polar surface area (TPSA) is 161 Å². The van der Waals surface area contributed by atoms with Crippen molar-refractivity contribution in [3.63, 3.8) is 0 Å². The van der Waals surface area contributed by atoms with Crippen LogP contribution in [0.5, 0.6) is 11.5 Å². The Morgan fingerprint density at radius 1 is 0.925 bits per heavy atom. The summed E-state index contributed by atoms with van der Waals surface area (Å²) in [6.07, 6.45) is -0.191. The van der Waals surface area contributed by atoms with E-state index in [0.29, 0.717) is 18.4 Å². The molecule has 1 saturated heterocycles. The zero-order valence-electron chi connectivity index (χ0n) is 29.9. The zero-order valence-corrected chi connectivity index (χ0v) is 29.9. The van der Waals surface area contributed by atoms with Crippen LogP contribution in [0.15, 0.2) is 65.1 Å². The van der Waals surface area contributed by atoms with Crippen molar-refractivity contribution in [1.29, 1.82) is 0 Å². The van der Waals surface area contributed by atoms with Crippen molar-refractivity contribution in [3.05, 3.63) is 77.7 Å². The van der Waals surface area contributed by atoms with E-state index < -0.39 is 36.2 Å². The summed E-state index contributed by atoms with van der Waals surface area (Å²) in [6.45, 7) is 4.50. The fourth-order valence-corrected chi connectivity index (χ4v) is 5.80. The molecule has 282 valence electrons. The number of nitrogens with zero attached hydrogens (tertiary/aromatic N) is 3. The molecule has 1 aliphatic heterocycles. The minimum absolute atomic E-state index is 0.0166. The van der Waals surface area contributed by atoms with E-state index in [1.54, 1.807) is 43.6 Å². The number of oxazole rings is 1. The van der Waals surface area contributed by atoms with Gasteiger partial charge in [0.2, 0.25) is 5.89 Å². The maximum absolute atomic E-state index is 14.1. The largest absolute Gasteiger partial charge is 0.490 e. The van der Waals surface area contributed by atoms with Gasteiger partial charge in [0.15, 0.2) is 23.0 Å². The smallest absolute Gasteiger partial charge is 0.408 e. The highest BCUT2D eigenvalue weighted by atomic mass is 19.3. The van der Waals surface area contributed by atoms with E-state index in [-0.39, 0.29) is 79.5 Å². The summed E-state index contributed by atoms with van der Waals surface area (Å²) in [5.74, 6) is -1.99. The minimum atomic E-state index is -3.14. The van der Waals surface area contributed by atoms with Crippen LogP contribution in [0.25, 0.3) is 22.2 Å². The number of halogens is 2. The highest BCUT2D eigenvalue weighted by Gasteiger charge is 2.33. The number of benzene rings is 3. The molecule has 2 heterocycles. The Balaban J connectivity index is 1.39. The van der Waals surface area contributed by atoms with Gasteiger partial charge in [0, 0.05) is 43.7 Å². The average molecular weight is 737 g/mol. The first kappa shape index (κ1) is 38.5. The number of carboxylic acid groups (broad SMARTS) is 1. The normalized spacial score (nSPS) is 13.9. The van der Waals surface area contributed by atoms with Crippen molar-refractivity contribution in [2.45, 2.75) is 65.2 Å². The third kappa shape index (κ3) is 9.99. The second-order valence-electron chi connectivity index (χ2n) is 13.5.